The van der Waals surface area contributed by atoms with Gasteiger partial charge in [-0.25, -0.2) is 0 Å². The zero-order chi connectivity index (χ0) is 12.4. The van der Waals surface area contributed by atoms with Gasteiger partial charge in [-0.1, -0.05) is 19.1 Å². The fourth-order valence-corrected chi connectivity index (χ4v) is 2.22. The van der Waals surface area contributed by atoms with Crippen molar-refractivity contribution in [2.75, 3.05) is 19.0 Å². The van der Waals surface area contributed by atoms with E-state index in [2.05, 4.69) is 36.1 Å². The lowest BCUT2D eigenvalue weighted by molar-refractivity contribution is -0.114. The Labute approximate surface area is 103 Å². The van der Waals surface area contributed by atoms with Crippen molar-refractivity contribution in [3.05, 3.63) is 35.4 Å². The number of Topliss-reactive ketones (excluding diaryl/α,β-unsaturated/α-hetero) is 1. The van der Waals surface area contributed by atoms with Crippen LogP contribution in [0.3, 0.4) is 0 Å². The second-order valence-electron chi connectivity index (χ2n) is 5.09. The second kappa shape index (κ2) is 4.74. The molecule has 0 heterocycles. The summed E-state index contributed by atoms with van der Waals surface area (Å²) in [6.07, 6.45) is 3.67. The van der Waals surface area contributed by atoms with Crippen molar-refractivity contribution < 1.29 is 4.79 Å². The predicted octanol–water partition coefficient (Wildman–Crippen LogP) is 3.14. The predicted molar refractivity (Wildman–Crippen MR) is 72.2 cm³/mol. The molecule has 2 heteroatoms. The molecule has 0 aliphatic heterocycles. The summed E-state index contributed by atoms with van der Waals surface area (Å²) in [5, 5.41) is 0. The van der Waals surface area contributed by atoms with Crippen LogP contribution in [-0.4, -0.2) is 19.9 Å². The molecule has 1 aromatic rings. The van der Waals surface area contributed by atoms with Gasteiger partial charge in [-0.15, -0.1) is 0 Å². The first kappa shape index (κ1) is 11.9. The first-order valence-electron chi connectivity index (χ1n) is 6.07. The summed E-state index contributed by atoms with van der Waals surface area (Å²) in [5.74, 6) is 0.823. The van der Waals surface area contributed by atoms with Crippen molar-refractivity contribution >= 4 is 17.5 Å². The molecule has 1 unspecified atom stereocenters. The molecule has 1 atom stereocenters. The Morgan fingerprint density at radius 1 is 1.18 bits per heavy atom. The first-order chi connectivity index (χ1) is 8.06. The molecule has 17 heavy (non-hydrogen) atoms. The van der Waals surface area contributed by atoms with Gasteiger partial charge in [-0.2, -0.15) is 0 Å². The van der Waals surface area contributed by atoms with Crippen LogP contribution < -0.4 is 4.90 Å². The van der Waals surface area contributed by atoms with E-state index in [1.165, 1.54) is 5.69 Å². The molecule has 0 amide bonds. The van der Waals surface area contributed by atoms with E-state index in [1.54, 1.807) is 0 Å². The van der Waals surface area contributed by atoms with Crippen molar-refractivity contribution in [1.82, 2.24) is 0 Å². The van der Waals surface area contributed by atoms with E-state index in [4.69, 9.17) is 0 Å². The first-order valence-corrected chi connectivity index (χ1v) is 6.07. The molecule has 1 aliphatic rings. The van der Waals surface area contributed by atoms with E-state index in [9.17, 15) is 4.79 Å². The molecule has 0 aromatic heterocycles. The molecular weight excluding hydrogens is 210 g/mol. The average Bonchev–Trinajstić information content (AvgIpc) is 2.58. The second-order valence-corrected chi connectivity index (χ2v) is 5.09. The minimum atomic E-state index is 0.314. The summed E-state index contributed by atoms with van der Waals surface area (Å²) in [4.78, 5) is 13.8. The molecule has 1 saturated carbocycles. The van der Waals surface area contributed by atoms with E-state index >= 15 is 0 Å². The lowest BCUT2D eigenvalue weighted by Gasteiger charge is -2.11. The SMILES string of the molecule is CC1CC(=O)C(=Cc2ccc(N(C)C)cc2)C1. The van der Waals surface area contributed by atoms with Crippen LogP contribution >= 0.6 is 0 Å². The highest BCUT2D eigenvalue weighted by Gasteiger charge is 2.23. The number of rotatable bonds is 2. The number of ketones is 1. The number of carbonyl (C=O) groups excluding carboxylic acids is 1. The molecule has 0 spiro atoms. The van der Waals surface area contributed by atoms with Crippen molar-refractivity contribution in [2.45, 2.75) is 19.8 Å². The Morgan fingerprint density at radius 2 is 1.82 bits per heavy atom. The van der Waals surface area contributed by atoms with Crippen LogP contribution in [0.15, 0.2) is 29.8 Å². The van der Waals surface area contributed by atoms with Crippen molar-refractivity contribution in [3.63, 3.8) is 0 Å². The lowest BCUT2D eigenvalue weighted by atomic mass is 10.1. The Balaban J connectivity index is 2.19. The summed E-state index contributed by atoms with van der Waals surface area (Å²) >= 11 is 0. The Bertz CT molecular complexity index is 442. The quantitative estimate of drug-likeness (QED) is 0.726. The summed E-state index contributed by atoms with van der Waals surface area (Å²) in [7, 11) is 4.05. The summed E-state index contributed by atoms with van der Waals surface area (Å²) in [5.41, 5.74) is 3.28. The fourth-order valence-electron chi connectivity index (χ4n) is 2.22. The van der Waals surface area contributed by atoms with Gasteiger partial charge in [-0.3, -0.25) is 4.79 Å². The van der Waals surface area contributed by atoms with Gasteiger partial charge in [0.05, 0.1) is 0 Å². The molecule has 1 aromatic carbocycles. The topological polar surface area (TPSA) is 20.3 Å². The molecular formula is C15H19NO. The molecule has 2 nitrogen and oxygen atoms in total. The monoisotopic (exact) mass is 229 g/mol. The standard InChI is InChI=1S/C15H19NO/c1-11-8-13(15(17)9-11)10-12-4-6-14(7-5-12)16(2)3/h4-7,10-11H,8-9H2,1-3H3. The van der Waals surface area contributed by atoms with Crippen LogP contribution in [0, 0.1) is 5.92 Å². The molecule has 0 radical (unpaired) electrons. The van der Waals surface area contributed by atoms with Crippen LogP contribution in [0.25, 0.3) is 6.08 Å². The van der Waals surface area contributed by atoms with Gasteiger partial charge in [0.1, 0.15) is 0 Å². The van der Waals surface area contributed by atoms with Crippen molar-refractivity contribution in [1.29, 1.82) is 0 Å². The van der Waals surface area contributed by atoms with E-state index in [1.807, 2.05) is 20.2 Å². The third-order valence-corrected chi connectivity index (χ3v) is 3.21. The Morgan fingerprint density at radius 3 is 2.29 bits per heavy atom. The number of allylic oxidation sites excluding steroid dienone is 1. The van der Waals surface area contributed by atoms with Gasteiger partial charge in [0.15, 0.2) is 5.78 Å². The number of anilines is 1. The summed E-state index contributed by atoms with van der Waals surface area (Å²) in [6.45, 7) is 2.13. The average molecular weight is 229 g/mol. The normalized spacial score (nSPS) is 22.2. The molecule has 0 saturated heterocycles. The zero-order valence-corrected chi connectivity index (χ0v) is 10.7. The van der Waals surface area contributed by atoms with E-state index in [0.29, 0.717) is 18.1 Å². The van der Waals surface area contributed by atoms with Gasteiger partial charge in [-0.05, 0) is 41.7 Å². The molecule has 0 N–H and O–H groups in total. The smallest absolute Gasteiger partial charge is 0.159 e. The number of carbonyl (C=O) groups is 1. The van der Waals surface area contributed by atoms with Crippen molar-refractivity contribution in [2.24, 2.45) is 5.92 Å². The molecule has 0 bridgehead atoms. The van der Waals surface area contributed by atoms with Crippen LogP contribution in [0.5, 0.6) is 0 Å². The van der Waals surface area contributed by atoms with Crippen LogP contribution in [-0.2, 0) is 4.79 Å². The minimum absolute atomic E-state index is 0.314. The summed E-state index contributed by atoms with van der Waals surface area (Å²) < 4.78 is 0. The Kier molecular flexibility index (Phi) is 3.32. The highest BCUT2D eigenvalue weighted by molar-refractivity contribution is 6.01. The molecule has 1 fully saturated rings. The number of benzene rings is 1. The fraction of sp³-hybridized carbons (Fsp3) is 0.400. The number of nitrogens with zero attached hydrogens (tertiary/aromatic N) is 1. The maximum absolute atomic E-state index is 11.7. The highest BCUT2D eigenvalue weighted by Crippen LogP contribution is 2.28. The number of hydrogen-bond acceptors (Lipinski definition) is 2. The lowest BCUT2D eigenvalue weighted by Crippen LogP contribution is -2.07. The maximum atomic E-state index is 11.7. The Hall–Kier alpha value is -1.57. The number of hydrogen-bond donors (Lipinski definition) is 0. The van der Waals surface area contributed by atoms with Gasteiger partial charge < -0.3 is 4.90 Å². The van der Waals surface area contributed by atoms with Crippen LogP contribution in [0.1, 0.15) is 25.3 Å². The van der Waals surface area contributed by atoms with Gasteiger partial charge in [0, 0.05) is 26.2 Å². The van der Waals surface area contributed by atoms with Crippen LogP contribution in [0.2, 0.25) is 0 Å². The van der Waals surface area contributed by atoms with Crippen LogP contribution in [0.4, 0.5) is 5.69 Å². The molecule has 2 rings (SSSR count). The van der Waals surface area contributed by atoms with E-state index in [0.717, 1.165) is 17.6 Å². The minimum Gasteiger partial charge on any atom is -0.378 e. The maximum Gasteiger partial charge on any atom is 0.159 e. The summed E-state index contributed by atoms with van der Waals surface area (Å²) in [6, 6.07) is 8.29. The van der Waals surface area contributed by atoms with Gasteiger partial charge >= 0.3 is 0 Å². The molecule has 90 valence electrons. The molecule has 1 aliphatic carbocycles. The van der Waals surface area contributed by atoms with E-state index < -0.39 is 0 Å². The third-order valence-electron chi connectivity index (χ3n) is 3.21. The van der Waals surface area contributed by atoms with Gasteiger partial charge in [0.2, 0.25) is 0 Å². The van der Waals surface area contributed by atoms with Crippen molar-refractivity contribution in [3.8, 4) is 0 Å². The zero-order valence-electron chi connectivity index (χ0n) is 10.7. The third kappa shape index (κ3) is 2.76. The largest absolute Gasteiger partial charge is 0.378 e. The van der Waals surface area contributed by atoms with Gasteiger partial charge in [0.25, 0.3) is 0 Å². The van der Waals surface area contributed by atoms with E-state index in [-0.39, 0.29) is 0 Å². The highest BCUT2D eigenvalue weighted by atomic mass is 16.1.